The largest absolute Gasteiger partial charge is 0.504 e. The summed E-state index contributed by atoms with van der Waals surface area (Å²) in [5.74, 6) is -5.71. The maximum absolute atomic E-state index is 13.2. The Balaban J connectivity index is 0.00000744. The van der Waals surface area contributed by atoms with Crippen molar-refractivity contribution in [2.45, 2.75) is 51.9 Å². The molecule has 4 aromatic rings. The summed E-state index contributed by atoms with van der Waals surface area (Å²) in [6.07, 6.45) is 7.17. The molecule has 1 fully saturated rings. The van der Waals surface area contributed by atoms with E-state index in [1.54, 1.807) is 37.6 Å². The fraction of sp³-hybridized carbons (Fsp3) is 0.279. The van der Waals surface area contributed by atoms with Crippen molar-refractivity contribution in [2.75, 3.05) is 30.2 Å². The van der Waals surface area contributed by atoms with E-state index in [4.69, 9.17) is 9.47 Å². The second kappa shape index (κ2) is 20.7. The minimum absolute atomic E-state index is 0. The van der Waals surface area contributed by atoms with Crippen LogP contribution in [0.15, 0.2) is 72.8 Å². The number of rotatable bonds is 16. The number of aromatic hydroxyl groups is 2. The van der Waals surface area contributed by atoms with E-state index in [9.17, 15) is 44.1 Å². The maximum atomic E-state index is 13.2. The van der Waals surface area contributed by atoms with E-state index in [0.29, 0.717) is 17.7 Å². The molecule has 58 heavy (non-hydrogen) atoms. The van der Waals surface area contributed by atoms with Crippen LogP contribution in [0.25, 0.3) is 0 Å². The predicted molar refractivity (Wildman–Crippen MR) is 211 cm³/mol. The minimum Gasteiger partial charge on any atom is -0.504 e. The number of ether oxygens (including phenoxy) is 2. The van der Waals surface area contributed by atoms with Crippen molar-refractivity contribution < 1.29 is 86.3 Å². The molecule has 1 radical (unpaired) electrons. The number of Topliss-reactive ketones (excluding diaryl/α,β-unsaturated/α-hetero) is 2. The number of aromatic carboxylic acids is 1. The van der Waals surface area contributed by atoms with Gasteiger partial charge in [0.2, 0.25) is 0 Å². The Morgan fingerprint density at radius 1 is 0.707 bits per heavy atom. The smallest absolute Gasteiger partial charge is 0.339 e. The third-order valence-electron chi connectivity index (χ3n) is 9.92. The van der Waals surface area contributed by atoms with Gasteiger partial charge in [0.15, 0.2) is 34.7 Å². The molecule has 1 saturated carbocycles. The number of phenolic OH excluding ortho intramolecular Hbond substituents is 1. The van der Waals surface area contributed by atoms with Gasteiger partial charge in [-0.15, -0.1) is 0 Å². The molecule has 0 saturated heterocycles. The van der Waals surface area contributed by atoms with Crippen molar-refractivity contribution in [1.82, 2.24) is 0 Å². The van der Waals surface area contributed by atoms with Gasteiger partial charge in [-0.25, -0.2) is 4.79 Å². The summed E-state index contributed by atoms with van der Waals surface area (Å²) in [5.41, 5.74) is 1.13. The summed E-state index contributed by atoms with van der Waals surface area (Å²) >= 11 is 0. The van der Waals surface area contributed by atoms with E-state index in [-0.39, 0.29) is 90.6 Å². The Bertz CT molecular complexity index is 2170. The molecular weight excluding hydrogens is 823 g/mol. The first-order valence-electron chi connectivity index (χ1n) is 18.4. The van der Waals surface area contributed by atoms with Crippen molar-refractivity contribution in [1.29, 1.82) is 0 Å². The SMILES string of the molecule is C[CH-]C(CC(=O)c1ccc(CC(=O)C2CCCCC2)cc1)C(=O)Nc1ccc(C(=O)Nc2ccc(C(=O)Nc3ccc(C(=O)O)c(O)c3OC)c(O)c2OC)cc1.[Y]. The molecule has 0 heterocycles. The fourth-order valence-electron chi connectivity index (χ4n) is 6.69. The number of nitrogens with one attached hydrogen (secondary N) is 3. The molecule has 1 aliphatic rings. The van der Waals surface area contributed by atoms with Gasteiger partial charge in [-0.05, 0) is 73.4 Å². The Labute approximate surface area is 360 Å². The summed E-state index contributed by atoms with van der Waals surface area (Å²) < 4.78 is 10.4. The van der Waals surface area contributed by atoms with Crippen LogP contribution in [0.2, 0.25) is 0 Å². The molecular formula is C43H44N3O11Y-. The van der Waals surface area contributed by atoms with Gasteiger partial charge < -0.3 is 47.2 Å². The first kappa shape index (κ1) is 45.1. The third kappa shape index (κ3) is 10.9. The molecule has 1 unspecified atom stereocenters. The Morgan fingerprint density at radius 3 is 1.79 bits per heavy atom. The molecule has 0 spiro atoms. The van der Waals surface area contributed by atoms with Crippen LogP contribution in [0, 0.1) is 18.3 Å². The number of hydrogen-bond donors (Lipinski definition) is 6. The number of carboxylic acids is 1. The average molecular weight is 868 g/mol. The second-order valence-corrected chi connectivity index (χ2v) is 13.6. The average Bonchev–Trinajstić information content (AvgIpc) is 3.20. The number of amides is 3. The van der Waals surface area contributed by atoms with Gasteiger partial charge in [0.1, 0.15) is 11.3 Å². The van der Waals surface area contributed by atoms with Gasteiger partial charge in [-0.3, -0.25) is 24.0 Å². The number of carboxylic acid groups (broad SMARTS) is 1. The number of carbonyl (C=O) groups excluding carboxylic acids is 5. The minimum atomic E-state index is -1.41. The number of anilines is 3. The summed E-state index contributed by atoms with van der Waals surface area (Å²) in [6.45, 7) is 1.69. The zero-order valence-corrected chi connectivity index (χ0v) is 35.1. The molecule has 0 bridgehead atoms. The molecule has 1 aliphatic carbocycles. The van der Waals surface area contributed by atoms with E-state index in [1.807, 2.05) is 0 Å². The van der Waals surface area contributed by atoms with Gasteiger partial charge in [-0.1, -0.05) is 49.4 Å². The molecule has 15 heteroatoms. The number of carbonyl (C=O) groups is 6. The van der Waals surface area contributed by atoms with E-state index in [2.05, 4.69) is 16.0 Å². The third-order valence-corrected chi connectivity index (χ3v) is 9.92. The number of hydrogen-bond acceptors (Lipinski definition) is 10. The van der Waals surface area contributed by atoms with Crippen molar-refractivity contribution in [3.63, 3.8) is 0 Å². The van der Waals surface area contributed by atoms with Gasteiger partial charge in [0, 0.05) is 61.9 Å². The zero-order valence-electron chi connectivity index (χ0n) is 32.3. The topological polar surface area (TPSA) is 218 Å². The Morgan fingerprint density at radius 2 is 1.24 bits per heavy atom. The predicted octanol–water partition coefficient (Wildman–Crippen LogP) is 7.06. The molecule has 3 amide bonds. The first-order valence-corrected chi connectivity index (χ1v) is 18.4. The number of ketones is 2. The first-order chi connectivity index (χ1) is 27.3. The van der Waals surface area contributed by atoms with Crippen molar-refractivity contribution in [2.24, 2.45) is 11.8 Å². The molecule has 6 N–H and O–H groups in total. The van der Waals surface area contributed by atoms with Gasteiger partial charge in [0.25, 0.3) is 11.8 Å². The number of phenols is 2. The standard InChI is InChI=1S/C43H44N3O11.Y/c1-4-25(23-35(48)27-12-10-24(11-13-27)22-34(47)26-8-6-5-7-9-26)40(51)44-29-16-14-28(15-17-29)41(52)45-32-20-18-30(36(49)38(32)56-2)42(53)46-33-21-19-31(43(54)55)37(50)39(33)57-3;/h4,10-21,25-26,49-50H,5-9,22-23H2,1-3H3,(H,44,51)(H,45,52)(H,46,53)(H,54,55);/q-1;. The molecule has 4 aromatic carbocycles. The summed E-state index contributed by atoms with van der Waals surface area (Å²) in [4.78, 5) is 76.6. The van der Waals surface area contributed by atoms with Crippen molar-refractivity contribution in [3.8, 4) is 23.0 Å². The van der Waals surface area contributed by atoms with Crippen molar-refractivity contribution >= 4 is 52.3 Å². The maximum Gasteiger partial charge on any atom is 0.339 e. The van der Waals surface area contributed by atoms with Crippen LogP contribution in [-0.2, 0) is 48.7 Å². The van der Waals surface area contributed by atoms with Gasteiger partial charge in [0.05, 0.1) is 31.2 Å². The van der Waals surface area contributed by atoms with Crippen LogP contribution < -0.4 is 25.4 Å². The normalized spacial score (nSPS) is 12.9. The van der Waals surface area contributed by atoms with E-state index in [1.165, 1.54) is 63.1 Å². The summed E-state index contributed by atoms with van der Waals surface area (Å²) in [7, 11) is 2.40. The Hall–Kier alpha value is -5.60. The number of benzene rings is 4. The molecule has 301 valence electrons. The van der Waals surface area contributed by atoms with Crippen LogP contribution in [-0.4, -0.2) is 64.8 Å². The molecule has 5 rings (SSSR count). The molecule has 14 nitrogen and oxygen atoms in total. The molecule has 1 atom stereocenters. The van der Waals surface area contributed by atoms with Crippen LogP contribution >= 0.6 is 0 Å². The van der Waals surface area contributed by atoms with E-state index < -0.39 is 46.7 Å². The number of methoxy groups -OCH3 is 2. The summed E-state index contributed by atoms with van der Waals surface area (Å²) in [5, 5.41) is 38.3. The van der Waals surface area contributed by atoms with Gasteiger partial charge in [-0.2, -0.15) is 6.92 Å². The van der Waals surface area contributed by atoms with Gasteiger partial charge >= 0.3 is 5.97 Å². The molecule has 0 aliphatic heterocycles. The second-order valence-electron chi connectivity index (χ2n) is 13.6. The van der Waals surface area contributed by atoms with Crippen LogP contribution in [0.5, 0.6) is 23.0 Å². The monoisotopic (exact) mass is 867 g/mol. The van der Waals surface area contributed by atoms with Crippen molar-refractivity contribution in [3.05, 3.63) is 107 Å². The fourth-order valence-corrected chi connectivity index (χ4v) is 6.69. The molecule has 0 aromatic heterocycles. The quantitative estimate of drug-likeness (QED) is 0.0495. The summed E-state index contributed by atoms with van der Waals surface area (Å²) in [6, 6.07) is 17.8. The van der Waals surface area contributed by atoms with E-state index >= 15 is 0 Å². The van der Waals surface area contributed by atoms with Crippen LogP contribution in [0.3, 0.4) is 0 Å². The Kier molecular flexibility index (Phi) is 16.1. The van der Waals surface area contributed by atoms with Crippen LogP contribution in [0.4, 0.5) is 17.1 Å². The zero-order chi connectivity index (χ0) is 41.2. The van der Waals surface area contributed by atoms with Crippen LogP contribution in [0.1, 0.15) is 92.4 Å². The van der Waals surface area contributed by atoms with E-state index in [0.717, 1.165) is 37.3 Å².